The first kappa shape index (κ1) is 23.6. The molecule has 1 saturated carbocycles. The van der Waals surface area contributed by atoms with E-state index in [1.807, 2.05) is 24.4 Å². The number of piperazine rings is 1. The van der Waals surface area contributed by atoms with Crippen LogP contribution in [0.5, 0.6) is 11.5 Å². The fourth-order valence-electron chi connectivity index (χ4n) is 6.42. The summed E-state index contributed by atoms with van der Waals surface area (Å²) in [6, 6.07) is 19.9. The van der Waals surface area contributed by atoms with Crippen LogP contribution in [0.4, 0.5) is 0 Å². The first-order valence-electron chi connectivity index (χ1n) is 13.9. The third-order valence-corrected chi connectivity index (χ3v) is 8.38. The van der Waals surface area contributed by atoms with Gasteiger partial charge in [0.05, 0.1) is 12.3 Å². The van der Waals surface area contributed by atoms with Crippen LogP contribution in [-0.4, -0.2) is 65.4 Å². The predicted molar refractivity (Wildman–Crippen MR) is 146 cm³/mol. The summed E-state index contributed by atoms with van der Waals surface area (Å²) in [4.78, 5) is 5.33. The first-order chi connectivity index (χ1) is 18.8. The molecule has 7 nitrogen and oxygen atoms in total. The van der Waals surface area contributed by atoms with Crippen molar-refractivity contribution in [3.05, 3.63) is 78.2 Å². The van der Waals surface area contributed by atoms with Crippen molar-refractivity contribution in [3.8, 4) is 34.1 Å². The third-order valence-electron chi connectivity index (χ3n) is 8.38. The van der Waals surface area contributed by atoms with Crippen LogP contribution in [0.3, 0.4) is 0 Å². The number of benzene rings is 2. The summed E-state index contributed by atoms with van der Waals surface area (Å²) in [5.74, 6) is 2.43. The van der Waals surface area contributed by atoms with Crippen molar-refractivity contribution < 1.29 is 13.9 Å². The Hall–Kier alpha value is -3.55. The van der Waals surface area contributed by atoms with E-state index in [0.717, 1.165) is 71.9 Å². The van der Waals surface area contributed by atoms with Crippen molar-refractivity contribution in [3.63, 3.8) is 0 Å². The number of hydrogen-bond acceptors (Lipinski definition) is 6. The molecule has 2 fully saturated rings. The average Bonchev–Trinajstić information content (AvgIpc) is 3.77. The van der Waals surface area contributed by atoms with Gasteiger partial charge in [-0.25, -0.2) is 0 Å². The number of rotatable bonds is 6. The average molecular weight is 511 g/mol. The van der Waals surface area contributed by atoms with Crippen LogP contribution in [0.1, 0.15) is 42.9 Å². The largest absolute Gasteiger partial charge is 0.486 e. The SMILES string of the molecule is c1coc(-c2n[nH]cc2C(c2ccc(-c3ccc4c(c3)OCCO4)cc2)N2CCN(C3CCCC3)CC2)c1. The summed E-state index contributed by atoms with van der Waals surface area (Å²) in [7, 11) is 0. The van der Waals surface area contributed by atoms with Crippen LogP contribution in [0, 0.1) is 0 Å². The van der Waals surface area contributed by atoms with Crippen molar-refractivity contribution in [2.75, 3.05) is 39.4 Å². The quantitative estimate of drug-likeness (QED) is 0.356. The Bertz CT molecular complexity index is 1350. The zero-order valence-corrected chi connectivity index (χ0v) is 21.6. The minimum Gasteiger partial charge on any atom is -0.486 e. The number of hydrogen-bond donors (Lipinski definition) is 1. The molecule has 2 aromatic carbocycles. The monoisotopic (exact) mass is 510 g/mol. The van der Waals surface area contributed by atoms with Gasteiger partial charge in [0.2, 0.25) is 0 Å². The number of nitrogens with zero attached hydrogens (tertiary/aromatic N) is 3. The van der Waals surface area contributed by atoms with E-state index < -0.39 is 0 Å². The van der Waals surface area contributed by atoms with E-state index in [-0.39, 0.29) is 6.04 Å². The number of furan rings is 1. The second kappa shape index (κ2) is 10.3. The maximum Gasteiger partial charge on any atom is 0.161 e. The van der Waals surface area contributed by atoms with Gasteiger partial charge in [-0.3, -0.25) is 14.9 Å². The van der Waals surface area contributed by atoms with Gasteiger partial charge >= 0.3 is 0 Å². The molecule has 1 aliphatic carbocycles. The lowest BCUT2D eigenvalue weighted by molar-refractivity contribution is 0.0805. The molecular weight excluding hydrogens is 476 g/mol. The molecule has 3 aliphatic rings. The van der Waals surface area contributed by atoms with Crippen LogP contribution in [0.2, 0.25) is 0 Å². The predicted octanol–water partition coefficient (Wildman–Crippen LogP) is 5.76. The summed E-state index contributed by atoms with van der Waals surface area (Å²) < 4.78 is 17.3. The number of fused-ring (bicyclic) bond motifs is 1. The lowest BCUT2D eigenvalue weighted by Gasteiger charge is -2.41. The van der Waals surface area contributed by atoms with E-state index in [1.54, 1.807) is 6.26 Å². The highest BCUT2D eigenvalue weighted by molar-refractivity contribution is 5.68. The van der Waals surface area contributed by atoms with Crippen LogP contribution < -0.4 is 9.47 Å². The summed E-state index contributed by atoms with van der Waals surface area (Å²) in [6.45, 7) is 5.50. The molecule has 0 bridgehead atoms. The van der Waals surface area contributed by atoms with E-state index in [4.69, 9.17) is 13.9 Å². The summed E-state index contributed by atoms with van der Waals surface area (Å²) in [6.07, 6.45) is 9.23. The Morgan fingerprint density at radius 2 is 1.61 bits per heavy atom. The molecule has 0 spiro atoms. The van der Waals surface area contributed by atoms with E-state index in [9.17, 15) is 0 Å². The second-order valence-electron chi connectivity index (χ2n) is 10.6. The molecule has 1 atom stereocenters. The van der Waals surface area contributed by atoms with E-state index in [1.165, 1.54) is 31.2 Å². The van der Waals surface area contributed by atoms with E-state index in [0.29, 0.717) is 13.2 Å². The smallest absolute Gasteiger partial charge is 0.161 e. The molecule has 1 saturated heterocycles. The molecule has 4 aromatic rings. The van der Waals surface area contributed by atoms with Crippen LogP contribution in [0.15, 0.2) is 71.5 Å². The lowest BCUT2D eigenvalue weighted by atomic mass is 9.93. The van der Waals surface area contributed by atoms with Crippen molar-refractivity contribution >= 4 is 0 Å². The minimum absolute atomic E-state index is 0.0916. The number of aromatic nitrogens is 2. The summed E-state index contributed by atoms with van der Waals surface area (Å²) in [5, 5.41) is 7.73. The molecule has 7 rings (SSSR count). The standard InChI is InChI=1S/C31H34N4O3/c1-2-5-25(4-1)34-13-15-35(16-14-34)31(26-21-32-33-30(26)28-6-3-17-36-28)23-9-7-22(8-10-23)24-11-12-27-29(20-24)38-19-18-37-27/h3,6-12,17,20-21,25,31H,1-2,4-5,13-16,18-19H2,(H,32,33). The molecule has 1 unspecified atom stereocenters. The van der Waals surface area contributed by atoms with Crippen LogP contribution >= 0.6 is 0 Å². The Kier molecular flexibility index (Phi) is 6.39. The second-order valence-corrected chi connectivity index (χ2v) is 10.6. The van der Waals surface area contributed by atoms with Gasteiger partial charge < -0.3 is 13.9 Å². The van der Waals surface area contributed by atoms with Gasteiger partial charge in [-0.15, -0.1) is 0 Å². The number of aromatic amines is 1. The van der Waals surface area contributed by atoms with Crippen LogP contribution in [0.25, 0.3) is 22.6 Å². The van der Waals surface area contributed by atoms with Crippen molar-refractivity contribution in [1.29, 1.82) is 0 Å². The van der Waals surface area contributed by atoms with Gasteiger partial charge in [-0.05, 0) is 53.8 Å². The number of nitrogens with one attached hydrogen (secondary N) is 1. The fourth-order valence-corrected chi connectivity index (χ4v) is 6.42. The third kappa shape index (κ3) is 4.50. The highest BCUT2D eigenvalue weighted by Crippen LogP contribution is 2.38. The molecule has 38 heavy (non-hydrogen) atoms. The number of H-pyrrole nitrogens is 1. The van der Waals surface area contributed by atoms with Crippen LogP contribution in [-0.2, 0) is 0 Å². The Balaban J connectivity index is 1.19. The summed E-state index contributed by atoms with van der Waals surface area (Å²) >= 11 is 0. The molecule has 7 heteroatoms. The molecule has 0 amide bonds. The van der Waals surface area contributed by atoms with Gasteiger partial charge in [0.15, 0.2) is 17.3 Å². The molecular formula is C31H34N4O3. The lowest BCUT2D eigenvalue weighted by Crippen LogP contribution is -2.50. The molecule has 0 radical (unpaired) electrons. The van der Waals surface area contributed by atoms with Gasteiger partial charge in [0.25, 0.3) is 0 Å². The molecule has 2 aromatic heterocycles. The number of ether oxygens (including phenoxy) is 2. The van der Waals surface area contributed by atoms with Gasteiger partial charge in [0.1, 0.15) is 18.9 Å². The highest BCUT2D eigenvalue weighted by atomic mass is 16.6. The zero-order chi connectivity index (χ0) is 25.3. The molecule has 1 N–H and O–H groups in total. The Labute approximate surface area is 223 Å². The van der Waals surface area contributed by atoms with Crippen molar-refractivity contribution in [2.45, 2.75) is 37.8 Å². The zero-order valence-electron chi connectivity index (χ0n) is 21.6. The van der Waals surface area contributed by atoms with Crippen molar-refractivity contribution in [2.24, 2.45) is 0 Å². The summed E-state index contributed by atoms with van der Waals surface area (Å²) in [5.41, 5.74) is 5.58. The van der Waals surface area contributed by atoms with Crippen molar-refractivity contribution in [1.82, 2.24) is 20.0 Å². The molecule has 4 heterocycles. The first-order valence-corrected chi connectivity index (χ1v) is 13.9. The molecule has 2 aliphatic heterocycles. The Morgan fingerprint density at radius 1 is 0.842 bits per heavy atom. The topological polar surface area (TPSA) is 66.8 Å². The normalized spacial score (nSPS) is 19.6. The Morgan fingerprint density at radius 3 is 2.37 bits per heavy atom. The maximum absolute atomic E-state index is 5.81. The fraction of sp³-hybridized carbons (Fsp3) is 0.387. The van der Waals surface area contributed by atoms with E-state index in [2.05, 4.69) is 56.4 Å². The molecule has 196 valence electrons. The van der Waals surface area contributed by atoms with Gasteiger partial charge in [-0.2, -0.15) is 5.10 Å². The highest BCUT2D eigenvalue weighted by Gasteiger charge is 2.32. The van der Waals surface area contributed by atoms with Gasteiger partial charge in [-0.1, -0.05) is 43.2 Å². The van der Waals surface area contributed by atoms with E-state index >= 15 is 0 Å². The minimum atomic E-state index is 0.0916. The van der Waals surface area contributed by atoms with Gasteiger partial charge in [0, 0.05) is 44.0 Å². The maximum atomic E-state index is 5.81.